The van der Waals surface area contributed by atoms with Crippen molar-refractivity contribution >= 4 is 23.1 Å². The van der Waals surface area contributed by atoms with Gasteiger partial charge in [-0.2, -0.15) is 0 Å². The minimum atomic E-state index is -2.60. The maximum Gasteiger partial charge on any atom is 2.00 e. The first-order chi connectivity index (χ1) is 1.73. The molecule has 0 aliphatic heterocycles. The predicted molar refractivity (Wildman–Crippen MR) is 31.9 cm³/mol. The van der Waals surface area contributed by atoms with E-state index < -0.39 is 10.8 Å². The Balaban J connectivity index is -0.00000000125. The van der Waals surface area contributed by atoms with E-state index in [-0.39, 0.29) is 58.8 Å². The second-order valence-electron chi connectivity index (χ2n) is 0.201. The molecule has 0 aromatic rings. The van der Waals surface area contributed by atoms with E-state index in [1.165, 1.54) is 0 Å². The van der Waals surface area contributed by atoms with E-state index in [0.29, 0.717) is 0 Å². The van der Waals surface area contributed by atoms with Gasteiger partial charge >= 0.3 is 23.1 Å². The standard InChI is InChI=1S/ClHO3.Mg.6H2O.2H/c2-1(3)4;;;;;;;;;/h2H;;6*1H2;;/q;+2;;;;;;;2*-1. The van der Waals surface area contributed by atoms with E-state index in [0.717, 1.165) is 0 Å². The topological polar surface area (TPSA) is 255 Å². The van der Waals surface area contributed by atoms with Crippen LogP contribution in [0.2, 0.25) is 0 Å². The Morgan fingerprint density at radius 1 is 0.818 bits per heavy atom. The van der Waals surface area contributed by atoms with Crippen LogP contribution >= 0.6 is 0 Å². The fourth-order valence-electron chi connectivity index (χ4n) is 0. The molecule has 0 unspecified atom stereocenters. The zero-order valence-corrected chi connectivity index (χ0v) is 7.52. The first-order valence-electron chi connectivity index (χ1n) is 0.478. The largest absolute Gasteiger partial charge is 2.00 e. The second kappa shape index (κ2) is 73.6. The molecule has 0 aliphatic rings. The number of halogens is 1. The van der Waals surface area contributed by atoms with Crippen LogP contribution in [0.15, 0.2) is 0 Å². The van der Waals surface area contributed by atoms with Crippen molar-refractivity contribution in [2.75, 3.05) is 0 Å². The normalized spacial score (nSPS) is 3.27. The van der Waals surface area contributed by atoms with Crippen LogP contribution in [0.3, 0.4) is 0 Å². The van der Waals surface area contributed by atoms with E-state index in [4.69, 9.17) is 14.0 Å². The van der Waals surface area contributed by atoms with Gasteiger partial charge in [0.15, 0.2) is 0 Å². The summed E-state index contributed by atoms with van der Waals surface area (Å²) in [6, 6.07) is 0. The van der Waals surface area contributed by atoms with Crippen molar-refractivity contribution in [1.82, 2.24) is 0 Å². The SMILES string of the molecule is O.O.O.O.O.O.[H-].[H-].[Mg+2].[O-][Cl+2]([O-])O. The number of rotatable bonds is 0. The smallest absolute Gasteiger partial charge is 1.00 e. The molecule has 0 aromatic heterocycles. The van der Waals surface area contributed by atoms with Crippen molar-refractivity contribution in [1.29, 1.82) is 0 Å². The summed E-state index contributed by atoms with van der Waals surface area (Å²) < 4.78 is 24.0. The summed E-state index contributed by atoms with van der Waals surface area (Å²) in [6.07, 6.45) is 0. The van der Waals surface area contributed by atoms with Crippen LogP contribution in [-0.4, -0.2) is 60.6 Å². The summed E-state index contributed by atoms with van der Waals surface area (Å²) in [5, 5.41) is 0. The van der Waals surface area contributed by atoms with Crippen LogP contribution in [0.4, 0.5) is 0 Å². The maximum absolute atomic E-state index is 8.52. The summed E-state index contributed by atoms with van der Waals surface area (Å²) >= 11 is 0. The predicted octanol–water partition coefficient (Wildman–Crippen LogP) is -8.04. The molecule has 0 saturated carbocycles. The van der Waals surface area contributed by atoms with Gasteiger partial charge in [0.1, 0.15) is 0 Å². The van der Waals surface area contributed by atoms with E-state index in [2.05, 4.69) is 0 Å². The quantitative estimate of drug-likeness (QED) is 0.389. The molecule has 0 spiro atoms. The van der Waals surface area contributed by atoms with Crippen LogP contribution in [0.1, 0.15) is 2.85 Å². The van der Waals surface area contributed by atoms with E-state index in [1.54, 1.807) is 0 Å². The summed E-state index contributed by atoms with van der Waals surface area (Å²) in [5.41, 5.74) is 0. The summed E-state index contributed by atoms with van der Waals surface area (Å²) in [6.45, 7) is 0. The van der Waals surface area contributed by atoms with Gasteiger partial charge in [-0.05, 0) is 0 Å². The molecule has 0 radical (unpaired) electrons. The minimum Gasteiger partial charge on any atom is -1.00 e. The van der Waals surface area contributed by atoms with Gasteiger partial charge in [-0.15, -0.1) is 0 Å². The molecule has 0 aliphatic carbocycles. The molecule has 11 heteroatoms. The van der Waals surface area contributed by atoms with Gasteiger partial charge in [-0.25, -0.2) is 0 Å². The van der Waals surface area contributed by atoms with Crippen molar-refractivity contribution in [3.05, 3.63) is 0 Å². The van der Waals surface area contributed by atoms with Crippen molar-refractivity contribution in [3.63, 3.8) is 0 Å². The Hall–Kier alpha value is 0.696. The van der Waals surface area contributed by atoms with Crippen molar-refractivity contribution in [2.45, 2.75) is 0 Å². The van der Waals surface area contributed by atoms with Gasteiger partial charge in [-0.3, -0.25) is 0 Å². The summed E-state index contributed by atoms with van der Waals surface area (Å²) in [7, 11) is -2.60. The first-order valence-corrected chi connectivity index (χ1v) is 1.43. The van der Waals surface area contributed by atoms with Gasteiger partial charge in [0, 0.05) is 4.66 Å². The Labute approximate surface area is 84.0 Å². The zero-order valence-electron chi connectivity index (χ0n) is 7.35. The van der Waals surface area contributed by atoms with E-state index in [1.807, 2.05) is 0 Å². The zero-order chi connectivity index (χ0) is 3.58. The van der Waals surface area contributed by atoms with Crippen LogP contribution in [0, 0.1) is 10.8 Å². The number of hydrogen-bond acceptors (Lipinski definition) is 3. The second-order valence-corrected chi connectivity index (χ2v) is 0.603. The van der Waals surface area contributed by atoms with Crippen LogP contribution in [0.25, 0.3) is 0 Å². The third-order valence-electron chi connectivity index (χ3n) is 0. The average Bonchev–Trinajstić information content (AvgIpc) is 0.811. The van der Waals surface area contributed by atoms with Gasteiger partial charge in [0.25, 0.3) is 10.8 Å². The van der Waals surface area contributed by atoms with Gasteiger partial charge < -0.3 is 45.0 Å². The minimum absolute atomic E-state index is 0. The van der Waals surface area contributed by atoms with Crippen LogP contribution < -0.4 is 9.32 Å². The fraction of sp³-hybridized carbons (Fsp3) is 0. The summed E-state index contributed by atoms with van der Waals surface area (Å²) in [5.74, 6) is 0. The molecule has 11 heavy (non-hydrogen) atoms. The third-order valence-corrected chi connectivity index (χ3v) is 0. The van der Waals surface area contributed by atoms with Crippen molar-refractivity contribution in [3.8, 4) is 0 Å². The van der Waals surface area contributed by atoms with Gasteiger partial charge in [0.2, 0.25) is 0 Å². The average molecular weight is 219 g/mol. The Morgan fingerprint density at radius 3 is 0.818 bits per heavy atom. The molecule has 0 bridgehead atoms. The fourth-order valence-corrected chi connectivity index (χ4v) is 0. The maximum atomic E-state index is 8.52. The molecule has 0 saturated heterocycles. The molecular formula is H15ClMgO9. The Bertz CT molecular complexity index is 22.3. The Morgan fingerprint density at radius 2 is 0.818 bits per heavy atom. The van der Waals surface area contributed by atoms with Crippen molar-refractivity contribution in [2.24, 2.45) is 0 Å². The Kier molecular flexibility index (Phi) is 655. The molecular weight excluding hydrogens is 204 g/mol. The molecule has 0 amide bonds. The number of hydrogen-bond donors (Lipinski definition) is 1. The van der Waals surface area contributed by atoms with Gasteiger partial charge in [-0.1, -0.05) is 0 Å². The molecule has 13 N–H and O–H groups in total. The molecule has 9 nitrogen and oxygen atoms in total. The van der Waals surface area contributed by atoms with Crippen molar-refractivity contribution < 1.29 is 60.5 Å². The van der Waals surface area contributed by atoms with Crippen LogP contribution in [-0.2, 0) is 0 Å². The summed E-state index contributed by atoms with van der Waals surface area (Å²) in [4.78, 5) is 0. The monoisotopic (exact) mass is 218 g/mol. The van der Waals surface area contributed by atoms with Crippen LogP contribution in [0.5, 0.6) is 0 Å². The molecule has 78 valence electrons. The molecule has 0 aromatic carbocycles. The molecule has 0 heterocycles. The molecule has 0 rings (SSSR count). The van der Waals surface area contributed by atoms with E-state index in [9.17, 15) is 0 Å². The van der Waals surface area contributed by atoms with Gasteiger partial charge in [0.05, 0.1) is 0 Å². The molecule has 0 fully saturated rings. The third kappa shape index (κ3) is 1670. The molecule has 0 atom stereocenters. The van der Waals surface area contributed by atoms with E-state index >= 15 is 0 Å². The first kappa shape index (κ1) is 97.9.